The summed E-state index contributed by atoms with van der Waals surface area (Å²) in [4.78, 5) is 12.5. The Morgan fingerprint density at radius 3 is 2.88 bits per heavy atom. The molecule has 17 heavy (non-hydrogen) atoms. The number of rotatable bonds is 4. The van der Waals surface area contributed by atoms with E-state index in [1.54, 1.807) is 6.20 Å². The zero-order valence-corrected chi connectivity index (χ0v) is 10.6. The quantitative estimate of drug-likeness (QED) is 0.852. The Morgan fingerprint density at radius 1 is 1.41 bits per heavy atom. The summed E-state index contributed by atoms with van der Waals surface area (Å²) in [5, 5.41) is 3.95. The standard InChI is InChI=1S/C10H14N6S/c1-3-8-15-10(17-16-8)13-5-7-4-12-6(2)14-9(7)11/h4H,3,5H2,1-2H3,(H2,11,12,14)(H,13,15,16). The zero-order chi connectivity index (χ0) is 12.3. The fourth-order valence-corrected chi connectivity index (χ4v) is 1.93. The first-order valence-electron chi connectivity index (χ1n) is 5.33. The van der Waals surface area contributed by atoms with E-state index in [1.165, 1.54) is 11.5 Å². The van der Waals surface area contributed by atoms with Gasteiger partial charge >= 0.3 is 0 Å². The number of aryl methyl sites for hydroxylation is 2. The molecule has 7 heteroatoms. The molecule has 0 unspecified atom stereocenters. The van der Waals surface area contributed by atoms with Crippen LogP contribution in [0.4, 0.5) is 10.9 Å². The van der Waals surface area contributed by atoms with E-state index in [0.29, 0.717) is 18.2 Å². The van der Waals surface area contributed by atoms with Crippen LogP contribution in [0.3, 0.4) is 0 Å². The third-order valence-corrected chi connectivity index (χ3v) is 2.94. The second kappa shape index (κ2) is 5.05. The molecule has 2 aromatic heterocycles. The SMILES string of the molecule is CCc1nsc(NCc2cnc(C)nc2N)n1. The number of hydrogen-bond acceptors (Lipinski definition) is 7. The summed E-state index contributed by atoms with van der Waals surface area (Å²) in [6.07, 6.45) is 2.57. The molecule has 0 spiro atoms. The molecule has 0 fully saturated rings. The Morgan fingerprint density at radius 2 is 2.24 bits per heavy atom. The average molecular weight is 250 g/mol. The van der Waals surface area contributed by atoms with Gasteiger partial charge in [-0.2, -0.15) is 4.37 Å². The number of nitrogen functional groups attached to an aromatic ring is 1. The lowest BCUT2D eigenvalue weighted by molar-refractivity contribution is 0.981. The largest absolute Gasteiger partial charge is 0.383 e. The molecule has 0 aromatic carbocycles. The first kappa shape index (κ1) is 11.7. The van der Waals surface area contributed by atoms with Crippen LogP contribution in [0.5, 0.6) is 0 Å². The smallest absolute Gasteiger partial charge is 0.202 e. The molecular formula is C10H14N6S. The molecule has 90 valence electrons. The summed E-state index contributed by atoms with van der Waals surface area (Å²) >= 11 is 1.35. The van der Waals surface area contributed by atoms with Crippen LogP contribution < -0.4 is 11.1 Å². The molecule has 0 atom stereocenters. The maximum Gasteiger partial charge on any atom is 0.202 e. The summed E-state index contributed by atoms with van der Waals surface area (Å²) in [5.41, 5.74) is 6.66. The molecule has 2 rings (SSSR count). The van der Waals surface area contributed by atoms with Crippen molar-refractivity contribution in [2.24, 2.45) is 0 Å². The topological polar surface area (TPSA) is 89.6 Å². The van der Waals surface area contributed by atoms with Crippen LogP contribution in [0.25, 0.3) is 0 Å². The predicted octanol–water partition coefficient (Wildman–Crippen LogP) is 1.39. The van der Waals surface area contributed by atoms with E-state index in [1.807, 2.05) is 13.8 Å². The van der Waals surface area contributed by atoms with Crippen molar-refractivity contribution in [3.8, 4) is 0 Å². The Hall–Kier alpha value is -1.76. The molecule has 0 radical (unpaired) electrons. The molecule has 2 aromatic rings. The lowest BCUT2D eigenvalue weighted by atomic mass is 10.3. The van der Waals surface area contributed by atoms with Gasteiger partial charge in [-0.3, -0.25) is 0 Å². The molecule has 0 aliphatic heterocycles. The molecule has 0 aliphatic carbocycles. The summed E-state index contributed by atoms with van der Waals surface area (Å²) in [6.45, 7) is 4.40. The minimum Gasteiger partial charge on any atom is -0.383 e. The van der Waals surface area contributed by atoms with Gasteiger partial charge in [-0.05, 0) is 6.92 Å². The van der Waals surface area contributed by atoms with E-state index in [0.717, 1.165) is 22.9 Å². The van der Waals surface area contributed by atoms with Crippen LogP contribution in [0.15, 0.2) is 6.20 Å². The second-order valence-corrected chi connectivity index (χ2v) is 4.30. The van der Waals surface area contributed by atoms with E-state index >= 15 is 0 Å². The van der Waals surface area contributed by atoms with Crippen molar-refractivity contribution in [2.75, 3.05) is 11.1 Å². The normalized spacial score (nSPS) is 10.5. The summed E-state index contributed by atoms with van der Waals surface area (Å²) in [6, 6.07) is 0. The first-order chi connectivity index (χ1) is 8.19. The molecule has 3 N–H and O–H groups in total. The second-order valence-electron chi connectivity index (χ2n) is 3.55. The zero-order valence-electron chi connectivity index (χ0n) is 9.77. The van der Waals surface area contributed by atoms with Crippen molar-refractivity contribution in [2.45, 2.75) is 26.8 Å². The van der Waals surface area contributed by atoms with Gasteiger partial charge in [0.05, 0.1) is 0 Å². The molecular weight excluding hydrogens is 236 g/mol. The third-order valence-electron chi connectivity index (χ3n) is 2.23. The van der Waals surface area contributed by atoms with Gasteiger partial charge in [-0.1, -0.05) is 6.92 Å². The van der Waals surface area contributed by atoms with Crippen LogP contribution in [-0.2, 0) is 13.0 Å². The van der Waals surface area contributed by atoms with Gasteiger partial charge in [0.25, 0.3) is 0 Å². The van der Waals surface area contributed by atoms with Crippen molar-refractivity contribution in [1.82, 2.24) is 19.3 Å². The first-order valence-corrected chi connectivity index (χ1v) is 6.11. The lowest BCUT2D eigenvalue weighted by Crippen LogP contribution is -2.06. The predicted molar refractivity (Wildman–Crippen MR) is 67.8 cm³/mol. The molecule has 0 saturated heterocycles. The van der Waals surface area contributed by atoms with Gasteiger partial charge in [0.1, 0.15) is 17.5 Å². The highest BCUT2D eigenvalue weighted by atomic mass is 32.1. The maximum atomic E-state index is 5.79. The summed E-state index contributed by atoms with van der Waals surface area (Å²) < 4.78 is 4.19. The average Bonchev–Trinajstić information content (AvgIpc) is 2.76. The molecule has 0 amide bonds. The van der Waals surface area contributed by atoms with Crippen molar-refractivity contribution in [1.29, 1.82) is 0 Å². The van der Waals surface area contributed by atoms with Gasteiger partial charge in [0, 0.05) is 36.3 Å². The van der Waals surface area contributed by atoms with Crippen LogP contribution in [0.1, 0.15) is 24.1 Å². The number of hydrogen-bond donors (Lipinski definition) is 2. The fourth-order valence-electron chi connectivity index (χ4n) is 1.29. The Labute approximate surface area is 103 Å². The van der Waals surface area contributed by atoms with Crippen molar-refractivity contribution in [3.63, 3.8) is 0 Å². The van der Waals surface area contributed by atoms with E-state index in [4.69, 9.17) is 5.73 Å². The lowest BCUT2D eigenvalue weighted by Gasteiger charge is -2.05. The molecule has 6 nitrogen and oxygen atoms in total. The van der Waals surface area contributed by atoms with E-state index in [9.17, 15) is 0 Å². The van der Waals surface area contributed by atoms with Crippen LogP contribution in [0, 0.1) is 6.92 Å². The van der Waals surface area contributed by atoms with Crippen molar-refractivity contribution in [3.05, 3.63) is 23.4 Å². The van der Waals surface area contributed by atoms with E-state index in [2.05, 4.69) is 24.6 Å². The van der Waals surface area contributed by atoms with E-state index in [-0.39, 0.29) is 0 Å². The number of nitrogens with two attached hydrogens (primary N) is 1. The van der Waals surface area contributed by atoms with Gasteiger partial charge in [0.15, 0.2) is 0 Å². The molecule has 0 aliphatic rings. The highest BCUT2D eigenvalue weighted by Gasteiger charge is 2.05. The van der Waals surface area contributed by atoms with Gasteiger partial charge in [-0.15, -0.1) is 0 Å². The maximum absolute atomic E-state index is 5.79. The van der Waals surface area contributed by atoms with Crippen LogP contribution >= 0.6 is 11.5 Å². The van der Waals surface area contributed by atoms with Gasteiger partial charge in [0.2, 0.25) is 5.13 Å². The van der Waals surface area contributed by atoms with E-state index < -0.39 is 0 Å². The highest BCUT2D eigenvalue weighted by molar-refractivity contribution is 7.09. The Balaban J connectivity index is 2.02. The number of nitrogens with one attached hydrogen (secondary N) is 1. The molecule has 0 bridgehead atoms. The summed E-state index contributed by atoms with van der Waals surface area (Å²) in [5.74, 6) is 2.03. The monoisotopic (exact) mass is 250 g/mol. The van der Waals surface area contributed by atoms with Crippen molar-refractivity contribution >= 4 is 22.5 Å². The minimum atomic E-state index is 0.505. The van der Waals surface area contributed by atoms with Gasteiger partial charge < -0.3 is 11.1 Å². The van der Waals surface area contributed by atoms with Crippen LogP contribution in [-0.4, -0.2) is 19.3 Å². The van der Waals surface area contributed by atoms with Crippen molar-refractivity contribution < 1.29 is 0 Å². The van der Waals surface area contributed by atoms with Gasteiger partial charge in [-0.25, -0.2) is 15.0 Å². The minimum absolute atomic E-state index is 0.505. The Bertz CT molecular complexity index is 509. The third kappa shape index (κ3) is 2.88. The number of aromatic nitrogens is 4. The molecule has 0 saturated carbocycles. The molecule has 2 heterocycles. The fraction of sp³-hybridized carbons (Fsp3) is 0.400. The number of anilines is 2. The number of nitrogens with zero attached hydrogens (tertiary/aromatic N) is 4. The summed E-state index contributed by atoms with van der Waals surface area (Å²) in [7, 11) is 0. The highest BCUT2D eigenvalue weighted by Crippen LogP contribution is 2.14. The van der Waals surface area contributed by atoms with Crippen LogP contribution in [0.2, 0.25) is 0 Å². The Kier molecular flexibility index (Phi) is 3.48.